The highest BCUT2D eigenvalue weighted by Crippen LogP contribution is 2.35. The molecule has 3 rings (SSSR count). The zero-order chi connectivity index (χ0) is 20.1. The Morgan fingerprint density at radius 1 is 1.18 bits per heavy atom. The second-order valence-electron chi connectivity index (χ2n) is 5.77. The minimum atomic E-state index is -0.632. The van der Waals surface area contributed by atoms with Gasteiger partial charge in [0, 0.05) is 16.8 Å². The molecular weight excluding hydrogens is 360 g/mol. The van der Waals surface area contributed by atoms with Crippen LogP contribution in [0.15, 0.2) is 36.7 Å². The van der Waals surface area contributed by atoms with Crippen LogP contribution in [0.3, 0.4) is 0 Å². The molecule has 1 aromatic carbocycles. The number of rotatable bonds is 6. The van der Waals surface area contributed by atoms with Gasteiger partial charge in [0.1, 0.15) is 19.4 Å². The van der Waals surface area contributed by atoms with Gasteiger partial charge in [-0.1, -0.05) is 6.07 Å². The van der Waals surface area contributed by atoms with Crippen LogP contribution in [0.5, 0.6) is 0 Å². The summed E-state index contributed by atoms with van der Waals surface area (Å²) in [5.41, 5.74) is 1.76. The number of nitriles is 2. The number of aromatic nitrogens is 3. The van der Waals surface area contributed by atoms with E-state index >= 15 is 0 Å². The molecule has 0 amide bonds. The molecule has 138 valence electrons. The Morgan fingerprint density at radius 2 is 1.93 bits per heavy atom. The van der Waals surface area contributed by atoms with Crippen LogP contribution in [0.25, 0.3) is 10.9 Å². The maximum atomic E-state index is 11.7. The van der Waals surface area contributed by atoms with Crippen molar-refractivity contribution in [3.8, 4) is 12.1 Å². The first-order valence-electron chi connectivity index (χ1n) is 8.16. The van der Waals surface area contributed by atoms with E-state index in [1.807, 2.05) is 37.3 Å². The topological polar surface area (TPSA) is 145 Å². The Morgan fingerprint density at radius 3 is 2.61 bits per heavy atom. The minimum Gasteiger partial charge on any atom is -0.334 e. The Labute approximate surface area is 159 Å². The first-order chi connectivity index (χ1) is 13.5. The van der Waals surface area contributed by atoms with E-state index < -0.39 is 10.6 Å². The molecule has 2 heterocycles. The highest BCUT2D eigenvalue weighted by Gasteiger charge is 2.27. The fourth-order valence-corrected chi connectivity index (χ4v) is 2.73. The lowest BCUT2D eigenvalue weighted by molar-refractivity contribution is -0.383. The largest absolute Gasteiger partial charge is 0.353 e. The molecule has 3 aromatic rings. The number of fused-ring (bicyclic) bond motifs is 1. The third kappa shape index (κ3) is 3.61. The average molecular weight is 374 g/mol. The summed E-state index contributed by atoms with van der Waals surface area (Å²) < 4.78 is 0. The zero-order valence-electron chi connectivity index (χ0n) is 14.8. The van der Waals surface area contributed by atoms with Crippen molar-refractivity contribution in [3.05, 3.63) is 52.5 Å². The lowest BCUT2D eigenvalue weighted by Gasteiger charge is -2.17. The van der Waals surface area contributed by atoms with Gasteiger partial charge >= 0.3 is 5.69 Å². The molecule has 0 aliphatic carbocycles. The van der Waals surface area contributed by atoms with Crippen LogP contribution in [0.1, 0.15) is 5.69 Å². The average Bonchev–Trinajstić information content (AvgIpc) is 2.67. The van der Waals surface area contributed by atoms with Crippen LogP contribution in [0.2, 0.25) is 0 Å². The van der Waals surface area contributed by atoms with Crippen molar-refractivity contribution in [1.29, 1.82) is 10.5 Å². The maximum absolute atomic E-state index is 11.7. The quantitative estimate of drug-likeness (QED) is 0.391. The standard InChI is InChI=1S/C18H14N8O2/c1-12-5-6-13-14(23-12)3-2-4-15(13)24-17-16(26(27)28)18(22-11-21-17)25(9-7-19)10-8-20/h2-6,11H,9-10H2,1H3,(H,21,22,24). The summed E-state index contributed by atoms with van der Waals surface area (Å²) in [6, 6.07) is 12.8. The highest BCUT2D eigenvalue weighted by atomic mass is 16.6. The normalized spacial score (nSPS) is 10.1. The van der Waals surface area contributed by atoms with Gasteiger partial charge in [-0.15, -0.1) is 0 Å². The van der Waals surface area contributed by atoms with Crippen molar-refractivity contribution in [2.24, 2.45) is 0 Å². The van der Waals surface area contributed by atoms with Crippen molar-refractivity contribution in [2.45, 2.75) is 6.92 Å². The van der Waals surface area contributed by atoms with Crippen LogP contribution in [-0.4, -0.2) is 33.0 Å². The predicted molar refractivity (Wildman–Crippen MR) is 102 cm³/mol. The smallest absolute Gasteiger partial charge is 0.334 e. The Hall–Kier alpha value is -4.31. The number of nitrogens with one attached hydrogen (secondary N) is 1. The molecule has 0 spiro atoms. The Bertz CT molecular complexity index is 1120. The van der Waals surface area contributed by atoms with E-state index in [-0.39, 0.29) is 24.7 Å². The molecule has 0 fully saturated rings. The Kier molecular flexibility index (Phi) is 5.23. The van der Waals surface area contributed by atoms with Crippen molar-refractivity contribution in [2.75, 3.05) is 23.3 Å². The lowest BCUT2D eigenvalue weighted by atomic mass is 10.1. The Balaban J connectivity index is 2.11. The molecule has 0 radical (unpaired) electrons. The van der Waals surface area contributed by atoms with Crippen LogP contribution >= 0.6 is 0 Å². The molecule has 2 aromatic heterocycles. The van der Waals surface area contributed by atoms with Crippen molar-refractivity contribution < 1.29 is 4.92 Å². The molecule has 0 saturated heterocycles. The summed E-state index contributed by atoms with van der Waals surface area (Å²) in [5.74, 6) is -0.135. The van der Waals surface area contributed by atoms with E-state index in [2.05, 4.69) is 20.3 Å². The van der Waals surface area contributed by atoms with Crippen LogP contribution in [0.4, 0.5) is 23.0 Å². The molecule has 0 saturated carbocycles. The molecule has 10 heteroatoms. The first-order valence-corrected chi connectivity index (χ1v) is 8.16. The van der Waals surface area contributed by atoms with Gasteiger partial charge in [0.15, 0.2) is 0 Å². The minimum absolute atomic E-state index is 0.0380. The number of hydrogen-bond donors (Lipinski definition) is 1. The molecule has 0 aliphatic heterocycles. The van der Waals surface area contributed by atoms with Gasteiger partial charge < -0.3 is 10.2 Å². The molecule has 0 atom stereocenters. The number of nitro groups is 1. The number of nitrogens with zero attached hydrogens (tertiary/aromatic N) is 7. The van der Waals surface area contributed by atoms with Crippen LogP contribution in [-0.2, 0) is 0 Å². The summed E-state index contributed by atoms with van der Waals surface area (Å²) >= 11 is 0. The van der Waals surface area contributed by atoms with Crippen molar-refractivity contribution in [1.82, 2.24) is 15.0 Å². The number of aryl methyl sites for hydroxylation is 1. The van der Waals surface area contributed by atoms with E-state index in [0.29, 0.717) is 5.69 Å². The molecule has 10 nitrogen and oxygen atoms in total. The fraction of sp³-hybridized carbons (Fsp3) is 0.167. The van der Waals surface area contributed by atoms with E-state index in [1.165, 1.54) is 4.90 Å². The van der Waals surface area contributed by atoms with Gasteiger partial charge in [-0.2, -0.15) is 10.5 Å². The summed E-state index contributed by atoms with van der Waals surface area (Å²) in [7, 11) is 0. The fourth-order valence-electron chi connectivity index (χ4n) is 2.73. The zero-order valence-corrected chi connectivity index (χ0v) is 14.8. The van der Waals surface area contributed by atoms with Crippen LogP contribution < -0.4 is 10.2 Å². The summed E-state index contributed by atoms with van der Waals surface area (Å²) in [6.45, 7) is 1.44. The third-order valence-corrected chi connectivity index (χ3v) is 3.93. The van der Waals surface area contributed by atoms with E-state index in [1.54, 1.807) is 12.1 Å². The maximum Gasteiger partial charge on any atom is 0.353 e. The molecule has 28 heavy (non-hydrogen) atoms. The number of anilines is 3. The number of hydrogen-bond acceptors (Lipinski definition) is 9. The molecule has 0 bridgehead atoms. The molecular formula is C18H14N8O2. The van der Waals surface area contributed by atoms with Gasteiger partial charge in [-0.25, -0.2) is 9.97 Å². The summed E-state index contributed by atoms with van der Waals surface area (Å²) in [5, 5.41) is 33.4. The number of pyridine rings is 1. The summed E-state index contributed by atoms with van der Waals surface area (Å²) in [4.78, 5) is 24.7. The van der Waals surface area contributed by atoms with Gasteiger partial charge in [-0.05, 0) is 31.2 Å². The van der Waals surface area contributed by atoms with E-state index in [4.69, 9.17) is 10.5 Å². The molecule has 1 N–H and O–H groups in total. The second kappa shape index (κ2) is 7.93. The van der Waals surface area contributed by atoms with Crippen molar-refractivity contribution in [3.63, 3.8) is 0 Å². The van der Waals surface area contributed by atoms with Gasteiger partial charge in [0.25, 0.3) is 0 Å². The van der Waals surface area contributed by atoms with Crippen LogP contribution in [0, 0.1) is 39.7 Å². The number of benzene rings is 1. The monoisotopic (exact) mass is 374 g/mol. The molecule has 0 unspecified atom stereocenters. The molecule has 0 aliphatic rings. The van der Waals surface area contributed by atoms with Gasteiger partial charge in [0.05, 0.1) is 22.6 Å². The predicted octanol–water partition coefficient (Wildman–Crippen LogP) is 2.84. The second-order valence-corrected chi connectivity index (χ2v) is 5.77. The van der Waals surface area contributed by atoms with E-state index in [0.717, 1.165) is 22.9 Å². The third-order valence-electron chi connectivity index (χ3n) is 3.93. The lowest BCUT2D eigenvalue weighted by Crippen LogP contribution is -2.26. The first kappa shape index (κ1) is 18.5. The summed E-state index contributed by atoms with van der Waals surface area (Å²) in [6.07, 6.45) is 1.15. The van der Waals surface area contributed by atoms with Gasteiger partial charge in [-0.3, -0.25) is 15.1 Å². The van der Waals surface area contributed by atoms with Crippen molar-refractivity contribution >= 4 is 33.9 Å². The highest BCUT2D eigenvalue weighted by molar-refractivity contribution is 5.94. The van der Waals surface area contributed by atoms with E-state index in [9.17, 15) is 10.1 Å². The SMILES string of the molecule is Cc1ccc2c(Nc3ncnc(N(CC#N)CC#N)c3[N+](=O)[O-])cccc2n1. The van der Waals surface area contributed by atoms with Gasteiger partial charge in [0.2, 0.25) is 11.6 Å².